The number of aromatic nitrogens is 1. The van der Waals surface area contributed by atoms with Crippen molar-refractivity contribution in [3.05, 3.63) is 47.3 Å². The van der Waals surface area contributed by atoms with Gasteiger partial charge in [0.05, 0.1) is 0 Å². The number of hydrogen-bond acceptors (Lipinski definition) is 1. The van der Waals surface area contributed by atoms with Crippen molar-refractivity contribution in [2.75, 3.05) is 0 Å². The van der Waals surface area contributed by atoms with Gasteiger partial charge in [-0.2, -0.15) is 0 Å². The van der Waals surface area contributed by atoms with Crippen LogP contribution in [0, 0.1) is 6.57 Å². The van der Waals surface area contributed by atoms with E-state index in [-0.39, 0.29) is 0 Å². The van der Waals surface area contributed by atoms with Gasteiger partial charge in [0.15, 0.2) is 5.52 Å². The summed E-state index contributed by atoms with van der Waals surface area (Å²) in [5.41, 5.74) is 1.93. The number of pyridine rings is 1. The Hall–Kier alpha value is -1.88. The molecule has 0 unspecified atom stereocenters. The van der Waals surface area contributed by atoms with Crippen LogP contribution in [0.25, 0.3) is 15.7 Å². The Morgan fingerprint density at radius 1 is 1.27 bits per heavy atom. The van der Waals surface area contributed by atoms with Crippen LogP contribution in [0.1, 0.15) is 25.3 Å². The van der Waals surface area contributed by atoms with E-state index in [0.717, 1.165) is 16.5 Å². The van der Waals surface area contributed by atoms with Gasteiger partial charge in [-0.05, 0) is 17.5 Å². The number of nitrogens with zero attached hydrogens (tertiary/aromatic N) is 2. The molecule has 1 heterocycles. The summed E-state index contributed by atoms with van der Waals surface area (Å²) in [5, 5.41) is 1.11. The summed E-state index contributed by atoms with van der Waals surface area (Å²) >= 11 is 0. The highest BCUT2D eigenvalue weighted by Gasteiger charge is 2.10. The van der Waals surface area contributed by atoms with Gasteiger partial charge >= 0.3 is 0 Å². The lowest BCUT2D eigenvalue weighted by Gasteiger charge is -2.07. The maximum Gasteiger partial charge on any atom is 0.273 e. The molecule has 0 saturated carbocycles. The molecule has 0 fully saturated rings. The molecular formula is C13H12N2. The minimum absolute atomic E-state index is 0.339. The number of fused-ring (bicyclic) bond motifs is 1. The van der Waals surface area contributed by atoms with Crippen molar-refractivity contribution in [3.63, 3.8) is 0 Å². The molecule has 0 aliphatic rings. The van der Waals surface area contributed by atoms with Crippen molar-refractivity contribution >= 4 is 16.7 Å². The van der Waals surface area contributed by atoms with Crippen LogP contribution in [0.2, 0.25) is 0 Å². The molecule has 0 radical (unpaired) electrons. The molecule has 0 aliphatic heterocycles. The van der Waals surface area contributed by atoms with E-state index >= 15 is 0 Å². The fourth-order valence-electron chi connectivity index (χ4n) is 1.64. The minimum atomic E-state index is 0.339. The van der Waals surface area contributed by atoms with Crippen LogP contribution >= 0.6 is 0 Å². The van der Waals surface area contributed by atoms with E-state index in [2.05, 4.69) is 29.7 Å². The van der Waals surface area contributed by atoms with E-state index < -0.39 is 0 Å². The van der Waals surface area contributed by atoms with Gasteiger partial charge in [-0.1, -0.05) is 44.7 Å². The maximum absolute atomic E-state index is 7.12. The average molecular weight is 196 g/mol. The van der Waals surface area contributed by atoms with E-state index in [1.807, 2.05) is 24.3 Å². The molecule has 0 bridgehead atoms. The molecule has 0 saturated heterocycles. The predicted octanol–water partition coefficient (Wildman–Crippen LogP) is 3.91. The molecule has 1 aromatic heterocycles. The largest absolute Gasteiger partial charge is 0.360 e. The summed E-state index contributed by atoms with van der Waals surface area (Å²) < 4.78 is 0. The average Bonchev–Trinajstić information content (AvgIpc) is 2.27. The first-order valence-corrected chi connectivity index (χ1v) is 4.99. The molecule has 0 atom stereocenters. The summed E-state index contributed by atoms with van der Waals surface area (Å²) in [6.45, 7) is 11.3. The second-order valence-corrected chi connectivity index (χ2v) is 3.86. The standard InChI is InChI=1S/C13H12N2/c1-9(2)11-8-10-6-4-5-7-12(10)15-13(11)14-3/h4-9H,1-2H3. The lowest BCUT2D eigenvalue weighted by molar-refractivity contribution is 0.868. The van der Waals surface area contributed by atoms with Gasteiger partial charge in [0.25, 0.3) is 5.82 Å². The normalized spacial score (nSPS) is 10.5. The first-order valence-electron chi connectivity index (χ1n) is 4.99. The van der Waals surface area contributed by atoms with Crippen molar-refractivity contribution in [2.24, 2.45) is 0 Å². The second kappa shape index (κ2) is 3.70. The zero-order chi connectivity index (χ0) is 10.8. The Morgan fingerprint density at radius 3 is 2.67 bits per heavy atom. The topological polar surface area (TPSA) is 17.2 Å². The molecular weight excluding hydrogens is 184 g/mol. The van der Waals surface area contributed by atoms with Gasteiger partial charge in [-0.3, -0.25) is 0 Å². The van der Waals surface area contributed by atoms with Crippen LogP contribution in [0.4, 0.5) is 5.82 Å². The molecule has 0 N–H and O–H groups in total. The molecule has 2 aromatic rings. The van der Waals surface area contributed by atoms with Gasteiger partial charge in [-0.15, -0.1) is 4.98 Å². The van der Waals surface area contributed by atoms with Crippen molar-refractivity contribution in [1.82, 2.24) is 4.98 Å². The van der Waals surface area contributed by atoms with Crippen LogP contribution < -0.4 is 0 Å². The van der Waals surface area contributed by atoms with E-state index in [0.29, 0.717) is 11.7 Å². The maximum atomic E-state index is 7.12. The van der Waals surface area contributed by atoms with Gasteiger partial charge in [0, 0.05) is 5.39 Å². The number of para-hydroxylation sites is 1. The highest BCUT2D eigenvalue weighted by Crippen LogP contribution is 2.28. The fraction of sp³-hybridized carbons (Fsp3) is 0.231. The van der Waals surface area contributed by atoms with Gasteiger partial charge in [0.1, 0.15) is 0 Å². The van der Waals surface area contributed by atoms with Gasteiger partial charge in [0.2, 0.25) is 0 Å². The summed E-state index contributed by atoms with van der Waals surface area (Å²) in [4.78, 5) is 7.84. The first-order chi connectivity index (χ1) is 7.22. The minimum Gasteiger partial charge on any atom is -0.360 e. The summed E-state index contributed by atoms with van der Waals surface area (Å²) in [5.74, 6) is 0.870. The lowest BCUT2D eigenvalue weighted by atomic mass is 10.0. The summed E-state index contributed by atoms with van der Waals surface area (Å²) in [6, 6.07) is 9.97. The molecule has 15 heavy (non-hydrogen) atoms. The molecule has 2 rings (SSSR count). The third-order valence-electron chi connectivity index (χ3n) is 2.46. The SMILES string of the molecule is [C-]#[N+]c1nc2ccccc2cc1C(C)C. The zero-order valence-corrected chi connectivity index (χ0v) is 8.86. The molecule has 0 amide bonds. The van der Waals surface area contributed by atoms with Crippen LogP contribution in [-0.2, 0) is 0 Å². The van der Waals surface area contributed by atoms with E-state index in [9.17, 15) is 0 Å². The third kappa shape index (κ3) is 1.69. The molecule has 1 aromatic carbocycles. The highest BCUT2D eigenvalue weighted by molar-refractivity contribution is 5.82. The number of rotatable bonds is 1. The fourth-order valence-corrected chi connectivity index (χ4v) is 1.64. The van der Waals surface area contributed by atoms with Crippen LogP contribution in [0.15, 0.2) is 30.3 Å². The Kier molecular flexibility index (Phi) is 2.39. The summed E-state index contributed by atoms with van der Waals surface area (Å²) in [7, 11) is 0. The number of benzene rings is 1. The smallest absolute Gasteiger partial charge is 0.273 e. The van der Waals surface area contributed by atoms with Crippen LogP contribution in [-0.4, -0.2) is 4.98 Å². The monoisotopic (exact) mass is 196 g/mol. The Labute approximate surface area is 89.4 Å². The quantitative estimate of drug-likeness (QED) is 0.632. The molecule has 2 nitrogen and oxygen atoms in total. The Bertz CT molecular complexity index is 536. The van der Waals surface area contributed by atoms with Crippen molar-refractivity contribution in [2.45, 2.75) is 19.8 Å². The molecule has 0 spiro atoms. The number of hydrogen-bond donors (Lipinski definition) is 0. The van der Waals surface area contributed by atoms with Gasteiger partial charge < -0.3 is 4.85 Å². The molecule has 0 aliphatic carbocycles. The van der Waals surface area contributed by atoms with Crippen molar-refractivity contribution < 1.29 is 0 Å². The predicted molar refractivity (Wildman–Crippen MR) is 62.1 cm³/mol. The Morgan fingerprint density at radius 2 is 2.00 bits per heavy atom. The third-order valence-corrected chi connectivity index (χ3v) is 2.46. The van der Waals surface area contributed by atoms with Crippen LogP contribution in [0.3, 0.4) is 0 Å². The summed E-state index contributed by atoms with van der Waals surface area (Å²) in [6.07, 6.45) is 0. The molecule has 74 valence electrons. The van der Waals surface area contributed by atoms with E-state index in [1.54, 1.807) is 0 Å². The lowest BCUT2D eigenvalue weighted by Crippen LogP contribution is -1.90. The van der Waals surface area contributed by atoms with Crippen molar-refractivity contribution in [1.29, 1.82) is 0 Å². The second-order valence-electron chi connectivity index (χ2n) is 3.86. The zero-order valence-electron chi connectivity index (χ0n) is 8.86. The molecule has 2 heteroatoms. The van der Waals surface area contributed by atoms with Crippen molar-refractivity contribution in [3.8, 4) is 0 Å². The van der Waals surface area contributed by atoms with E-state index in [4.69, 9.17) is 6.57 Å². The Balaban J connectivity index is 2.76. The van der Waals surface area contributed by atoms with Gasteiger partial charge in [-0.25, -0.2) is 0 Å². The van der Waals surface area contributed by atoms with Crippen LogP contribution in [0.5, 0.6) is 0 Å². The van der Waals surface area contributed by atoms with E-state index in [1.165, 1.54) is 0 Å². The highest BCUT2D eigenvalue weighted by atomic mass is 14.9. The first kappa shape index (κ1) is 9.67.